The topological polar surface area (TPSA) is 64.4 Å². The number of benzene rings is 2. The van der Waals surface area contributed by atoms with Gasteiger partial charge >= 0.3 is 0 Å². The maximum Gasteiger partial charge on any atom is 0.262 e. The fraction of sp³-hybridized carbons (Fsp3) is 0.182. The van der Waals surface area contributed by atoms with Crippen LogP contribution >= 0.6 is 11.3 Å². The van der Waals surface area contributed by atoms with Crippen molar-refractivity contribution in [3.63, 3.8) is 0 Å². The number of fused-ring (bicyclic) bond motifs is 1. The number of rotatable bonds is 7. The Bertz CT molecular complexity index is 1220. The molecule has 0 aliphatic heterocycles. The zero-order valence-corrected chi connectivity index (χ0v) is 16.6. The SMILES string of the molecule is O=c1c2c(-c3ccc(F)cc3)csc2ncn1CC(O)COCc1ccccc1F. The minimum absolute atomic E-state index is 0.0161. The second-order valence-corrected chi connectivity index (χ2v) is 7.66. The molecule has 0 amide bonds. The van der Waals surface area contributed by atoms with E-state index in [1.54, 1.807) is 30.3 Å². The van der Waals surface area contributed by atoms with E-state index in [1.807, 2.05) is 5.38 Å². The molecule has 30 heavy (non-hydrogen) atoms. The number of nitrogens with zero attached hydrogens (tertiary/aromatic N) is 2. The summed E-state index contributed by atoms with van der Waals surface area (Å²) in [6.45, 7) is -0.0554. The van der Waals surface area contributed by atoms with E-state index in [-0.39, 0.29) is 37.0 Å². The first-order valence-electron chi connectivity index (χ1n) is 9.24. The number of aliphatic hydroxyl groups is 1. The lowest BCUT2D eigenvalue weighted by molar-refractivity contribution is 0.0189. The molecule has 4 rings (SSSR count). The highest BCUT2D eigenvalue weighted by atomic mass is 32.1. The molecule has 2 aromatic carbocycles. The van der Waals surface area contributed by atoms with Crippen molar-refractivity contribution >= 4 is 21.6 Å². The van der Waals surface area contributed by atoms with Crippen LogP contribution < -0.4 is 5.56 Å². The van der Waals surface area contributed by atoms with Gasteiger partial charge in [-0.05, 0) is 23.8 Å². The molecule has 154 valence electrons. The van der Waals surface area contributed by atoms with Crippen molar-refractivity contribution in [2.75, 3.05) is 6.61 Å². The smallest absolute Gasteiger partial charge is 0.262 e. The summed E-state index contributed by atoms with van der Waals surface area (Å²) < 4.78 is 33.6. The van der Waals surface area contributed by atoms with E-state index in [0.29, 0.717) is 26.9 Å². The normalized spacial score (nSPS) is 12.4. The van der Waals surface area contributed by atoms with Gasteiger partial charge in [0.15, 0.2) is 0 Å². The van der Waals surface area contributed by atoms with Gasteiger partial charge in [-0.3, -0.25) is 9.36 Å². The summed E-state index contributed by atoms with van der Waals surface area (Å²) in [5.41, 5.74) is 1.49. The standard InChI is InChI=1S/C22H18F2N2O3S/c23-16-7-5-14(6-8-16)18-12-30-21-20(18)22(28)26(13-25-21)9-17(27)11-29-10-15-3-1-2-4-19(15)24/h1-8,12-13,17,27H,9-11H2. The predicted octanol–water partition coefficient (Wildman–Crippen LogP) is 3.98. The summed E-state index contributed by atoms with van der Waals surface area (Å²) >= 11 is 1.33. The Balaban J connectivity index is 1.49. The molecule has 2 heterocycles. The highest BCUT2D eigenvalue weighted by Gasteiger charge is 2.15. The number of hydrogen-bond donors (Lipinski definition) is 1. The van der Waals surface area contributed by atoms with Crippen molar-refractivity contribution in [1.29, 1.82) is 0 Å². The fourth-order valence-corrected chi connectivity index (χ4v) is 4.05. The van der Waals surface area contributed by atoms with E-state index >= 15 is 0 Å². The molecule has 2 aromatic heterocycles. The van der Waals surface area contributed by atoms with Gasteiger partial charge in [-0.15, -0.1) is 11.3 Å². The number of aromatic nitrogens is 2. The van der Waals surface area contributed by atoms with Crippen LogP contribution in [0, 0.1) is 11.6 Å². The molecule has 8 heteroatoms. The Morgan fingerprint density at radius 1 is 1.13 bits per heavy atom. The highest BCUT2D eigenvalue weighted by molar-refractivity contribution is 7.17. The quantitative estimate of drug-likeness (QED) is 0.484. The molecule has 5 nitrogen and oxygen atoms in total. The van der Waals surface area contributed by atoms with Gasteiger partial charge in [0.1, 0.15) is 16.5 Å². The second kappa shape index (κ2) is 8.83. The summed E-state index contributed by atoms with van der Waals surface area (Å²) in [6, 6.07) is 12.1. The van der Waals surface area contributed by atoms with E-state index < -0.39 is 6.10 Å². The van der Waals surface area contributed by atoms with Gasteiger partial charge < -0.3 is 9.84 Å². The number of aliphatic hydroxyl groups excluding tert-OH is 1. The number of hydrogen-bond acceptors (Lipinski definition) is 5. The lowest BCUT2D eigenvalue weighted by Gasteiger charge is -2.13. The fourth-order valence-electron chi connectivity index (χ4n) is 3.14. The van der Waals surface area contributed by atoms with Crippen molar-refractivity contribution in [2.45, 2.75) is 19.3 Å². The minimum atomic E-state index is -0.971. The summed E-state index contributed by atoms with van der Waals surface area (Å²) in [4.78, 5) is 17.9. The molecular weight excluding hydrogens is 410 g/mol. The summed E-state index contributed by atoms with van der Waals surface area (Å²) in [7, 11) is 0. The molecule has 1 N–H and O–H groups in total. The summed E-state index contributed by atoms with van der Waals surface area (Å²) in [5.74, 6) is -0.726. The Kier molecular flexibility index (Phi) is 5.98. The molecule has 0 bridgehead atoms. The Morgan fingerprint density at radius 3 is 2.67 bits per heavy atom. The van der Waals surface area contributed by atoms with Gasteiger partial charge in [0.25, 0.3) is 5.56 Å². The summed E-state index contributed by atoms with van der Waals surface area (Å²) in [5, 5.41) is 12.5. The van der Waals surface area contributed by atoms with Crippen LogP contribution in [-0.2, 0) is 17.9 Å². The average Bonchev–Trinajstić information content (AvgIpc) is 3.17. The Labute approximate surface area is 174 Å². The number of thiophene rings is 1. The lowest BCUT2D eigenvalue weighted by atomic mass is 10.1. The number of halogens is 2. The summed E-state index contributed by atoms with van der Waals surface area (Å²) in [6.07, 6.45) is 0.414. The molecule has 0 saturated carbocycles. The first-order valence-corrected chi connectivity index (χ1v) is 10.1. The number of ether oxygens (including phenoxy) is 1. The van der Waals surface area contributed by atoms with Gasteiger partial charge in [-0.1, -0.05) is 30.3 Å². The van der Waals surface area contributed by atoms with Gasteiger partial charge in [0.05, 0.1) is 37.6 Å². The molecule has 0 radical (unpaired) electrons. The van der Waals surface area contributed by atoms with Gasteiger partial charge in [-0.2, -0.15) is 0 Å². The van der Waals surface area contributed by atoms with Crippen molar-refractivity contribution in [3.8, 4) is 11.1 Å². The third kappa shape index (κ3) is 4.30. The zero-order chi connectivity index (χ0) is 21.1. The molecule has 1 unspecified atom stereocenters. The van der Waals surface area contributed by atoms with Gasteiger partial charge in [0.2, 0.25) is 0 Å². The zero-order valence-electron chi connectivity index (χ0n) is 15.8. The van der Waals surface area contributed by atoms with E-state index in [0.717, 1.165) is 0 Å². The van der Waals surface area contributed by atoms with E-state index in [4.69, 9.17) is 4.74 Å². The van der Waals surface area contributed by atoms with Crippen LogP contribution in [0.3, 0.4) is 0 Å². The maximum atomic E-state index is 13.6. The van der Waals surface area contributed by atoms with Crippen LogP contribution in [0.5, 0.6) is 0 Å². The molecule has 0 aliphatic carbocycles. The van der Waals surface area contributed by atoms with Crippen molar-refractivity contribution in [1.82, 2.24) is 9.55 Å². The molecule has 0 saturated heterocycles. The van der Waals surface area contributed by atoms with Crippen LogP contribution in [0.2, 0.25) is 0 Å². The molecule has 0 aliphatic rings. The van der Waals surface area contributed by atoms with Crippen molar-refractivity contribution in [3.05, 3.63) is 87.8 Å². The van der Waals surface area contributed by atoms with Crippen LogP contribution in [0.15, 0.2) is 65.0 Å². The molecule has 1 atom stereocenters. The average molecular weight is 428 g/mol. The molecule has 0 spiro atoms. The lowest BCUT2D eigenvalue weighted by Crippen LogP contribution is -2.29. The molecule has 4 aromatic rings. The third-order valence-corrected chi connectivity index (χ3v) is 5.54. The van der Waals surface area contributed by atoms with Gasteiger partial charge in [0, 0.05) is 16.5 Å². The second-order valence-electron chi connectivity index (χ2n) is 6.80. The monoisotopic (exact) mass is 428 g/mol. The van der Waals surface area contributed by atoms with Crippen molar-refractivity contribution < 1.29 is 18.6 Å². The maximum absolute atomic E-state index is 13.6. The van der Waals surface area contributed by atoms with E-state index in [9.17, 15) is 18.7 Å². The van der Waals surface area contributed by atoms with Crippen molar-refractivity contribution in [2.24, 2.45) is 0 Å². The molecule has 0 fully saturated rings. The van der Waals surface area contributed by atoms with Crippen LogP contribution in [0.25, 0.3) is 21.3 Å². The Hall–Kier alpha value is -2.94. The third-order valence-electron chi connectivity index (χ3n) is 4.65. The van der Waals surface area contributed by atoms with Gasteiger partial charge in [-0.25, -0.2) is 13.8 Å². The van der Waals surface area contributed by atoms with Crippen LogP contribution in [0.4, 0.5) is 8.78 Å². The van der Waals surface area contributed by atoms with Crippen LogP contribution in [0.1, 0.15) is 5.56 Å². The minimum Gasteiger partial charge on any atom is -0.389 e. The predicted molar refractivity (Wildman–Crippen MR) is 111 cm³/mol. The molecular formula is C22H18F2N2O3S. The first-order chi connectivity index (χ1) is 14.5. The Morgan fingerprint density at radius 2 is 1.90 bits per heavy atom. The largest absolute Gasteiger partial charge is 0.389 e. The van der Waals surface area contributed by atoms with E-state index in [2.05, 4.69) is 4.98 Å². The van der Waals surface area contributed by atoms with Crippen LogP contribution in [-0.4, -0.2) is 27.4 Å². The van der Waals surface area contributed by atoms with E-state index in [1.165, 1.54) is 40.4 Å². The first kappa shape index (κ1) is 20.3. The highest BCUT2D eigenvalue weighted by Crippen LogP contribution is 2.30.